The van der Waals surface area contributed by atoms with E-state index in [0.29, 0.717) is 13.2 Å². The summed E-state index contributed by atoms with van der Waals surface area (Å²) in [5.74, 6) is 4.61. The van der Waals surface area contributed by atoms with Crippen LogP contribution in [0.4, 0.5) is 8.78 Å². The Kier molecular flexibility index (Phi) is 4.04. The van der Waals surface area contributed by atoms with Gasteiger partial charge in [-0.3, -0.25) is 11.3 Å². The molecule has 2 rings (SSSR count). The number of hydrazine groups is 1. The molecular weight excluding hydrogens is 226 g/mol. The molecule has 0 bridgehead atoms. The molecule has 1 aromatic carbocycles. The van der Waals surface area contributed by atoms with Crippen molar-refractivity contribution in [1.82, 2.24) is 5.43 Å². The predicted molar refractivity (Wildman–Crippen MR) is 60.1 cm³/mol. The van der Waals surface area contributed by atoms with E-state index in [4.69, 9.17) is 10.6 Å². The first kappa shape index (κ1) is 12.4. The predicted octanol–water partition coefficient (Wildman–Crippen LogP) is 1.38. The minimum absolute atomic E-state index is 0.0855. The summed E-state index contributed by atoms with van der Waals surface area (Å²) in [5.41, 5.74) is 2.72. The fourth-order valence-electron chi connectivity index (χ4n) is 2.18. The van der Waals surface area contributed by atoms with Gasteiger partial charge in [0.2, 0.25) is 0 Å². The number of hydrogen-bond donors (Lipinski definition) is 2. The second-order valence-electron chi connectivity index (χ2n) is 4.30. The highest BCUT2D eigenvalue weighted by Crippen LogP contribution is 2.22. The SMILES string of the molecule is NNC(Cc1c(F)cccc1F)C1CCOC1. The number of nitrogens with two attached hydrogens (primary N) is 1. The molecular formula is C12H16F2N2O. The van der Waals surface area contributed by atoms with Crippen molar-refractivity contribution in [2.45, 2.75) is 18.9 Å². The van der Waals surface area contributed by atoms with Crippen molar-refractivity contribution < 1.29 is 13.5 Å². The minimum atomic E-state index is -0.524. The molecule has 1 aromatic rings. The molecule has 1 aliphatic heterocycles. The van der Waals surface area contributed by atoms with Gasteiger partial charge in [0.15, 0.2) is 0 Å². The number of ether oxygens (including phenoxy) is 1. The van der Waals surface area contributed by atoms with Crippen molar-refractivity contribution in [3.8, 4) is 0 Å². The smallest absolute Gasteiger partial charge is 0.129 e. The second-order valence-corrected chi connectivity index (χ2v) is 4.30. The first-order valence-electron chi connectivity index (χ1n) is 5.69. The van der Waals surface area contributed by atoms with Crippen molar-refractivity contribution in [2.75, 3.05) is 13.2 Å². The van der Waals surface area contributed by atoms with E-state index in [1.54, 1.807) is 0 Å². The van der Waals surface area contributed by atoms with E-state index in [0.717, 1.165) is 6.42 Å². The van der Waals surface area contributed by atoms with E-state index >= 15 is 0 Å². The molecule has 1 heterocycles. The van der Waals surface area contributed by atoms with Crippen LogP contribution >= 0.6 is 0 Å². The van der Waals surface area contributed by atoms with Crippen molar-refractivity contribution in [2.24, 2.45) is 11.8 Å². The maximum atomic E-state index is 13.5. The molecule has 17 heavy (non-hydrogen) atoms. The topological polar surface area (TPSA) is 47.3 Å². The van der Waals surface area contributed by atoms with Crippen LogP contribution in [0.15, 0.2) is 18.2 Å². The Balaban J connectivity index is 2.12. The highest BCUT2D eigenvalue weighted by atomic mass is 19.1. The summed E-state index contributed by atoms with van der Waals surface area (Å²) in [4.78, 5) is 0. The Morgan fingerprint density at radius 3 is 2.65 bits per heavy atom. The third-order valence-electron chi connectivity index (χ3n) is 3.23. The Morgan fingerprint density at radius 2 is 2.12 bits per heavy atom. The Hall–Kier alpha value is -1.04. The second kappa shape index (κ2) is 5.53. The molecule has 94 valence electrons. The molecule has 0 spiro atoms. The van der Waals surface area contributed by atoms with Gasteiger partial charge >= 0.3 is 0 Å². The van der Waals surface area contributed by atoms with Crippen LogP contribution in [-0.2, 0) is 11.2 Å². The molecule has 5 heteroatoms. The van der Waals surface area contributed by atoms with E-state index in [9.17, 15) is 8.78 Å². The van der Waals surface area contributed by atoms with Crippen molar-refractivity contribution in [3.05, 3.63) is 35.4 Å². The van der Waals surface area contributed by atoms with Gasteiger partial charge in [-0.15, -0.1) is 0 Å². The Labute approximate surface area is 98.9 Å². The summed E-state index contributed by atoms with van der Waals surface area (Å²) >= 11 is 0. The van der Waals surface area contributed by atoms with Gasteiger partial charge in [0, 0.05) is 24.1 Å². The first-order chi connectivity index (χ1) is 8.22. The molecule has 1 aliphatic rings. The summed E-state index contributed by atoms with van der Waals surface area (Å²) < 4.78 is 32.2. The van der Waals surface area contributed by atoms with Crippen LogP contribution in [0.1, 0.15) is 12.0 Å². The number of hydrogen-bond acceptors (Lipinski definition) is 3. The molecule has 1 saturated heterocycles. The molecule has 0 radical (unpaired) electrons. The maximum Gasteiger partial charge on any atom is 0.129 e. The molecule has 2 unspecified atom stereocenters. The van der Waals surface area contributed by atoms with Crippen LogP contribution < -0.4 is 11.3 Å². The van der Waals surface area contributed by atoms with Crippen LogP contribution in [0.2, 0.25) is 0 Å². The van der Waals surface area contributed by atoms with Crippen LogP contribution in [0.5, 0.6) is 0 Å². The van der Waals surface area contributed by atoms with E-state index in [2.05, 4.69) is 5.43 Å². The average Bonchev–Trinajstić information content (AvgIpc) is 2.82. The number of benzene rings is 1. The largest absolute Gasteiger partial charge is 0.381 e. The normalized spacial score (nSPS) is 21.7. The van der Waals surface area contributed by atoms with Gasteiger partial charge in [-0.2, -0.15) is 0 Å². The van der Waals surface area contributed by atoms with Gasteiger partial charge in [-0.1, -0.05) is 6.07 Å². The van der Waals surface area contributed by atoms with E-state index in [-0.39, 0.29) is 23.9 Å². The third kappa shape index (κ3) is 2.80. The molecule has 1 fully saturated rings. The lowest BCUT2D eigenvalue weighted by Crippen LogP contribution is -2.43. The molecule has 0 saturated carbocycles. The monoisotopic (exact) mass is 242 g/mol. The highest BCUT2D eigenvalue weighted by Gasteiger charge is 2.26. The zero-order valence-electron chi connectivity index (χ0n) is 9.46. The number of nitrogens with one attached hydrogen (secondary N) is 1. The summed E-state index contributed by atoms with van der Waals surface area (Å²) in [6, 6.07) is 3.72. The van der Waals surface area contributed by atoms with E-state index in [1.807, 2.05) is 0 Å². The van der Waals surface area contributed by atoms with Crippen LogP contribution in [-0.4, -0.2) is 19.3 Å². The Morgan fingerprint density at radius 1 is 1.41 bits per heavy atom. The molecule has 0 aromatic heterocycles. The third-order valence-corrected chi connectivity index (χ3v) is 3.23. The zero-order valence-corrected chi connectivity index (χ0v) is 9.46. The van der Waals surface area contributed by atoms with Crippen molar-refractivity contribution >= 4 is 0 Å². The van der Waals surface area contributed by atoms with Gasteiger partial charge in [0.05, 0.1) is 6.61 Å². The van der Waals surface area contributed by atoms with Crippen LogP contribution in [0, 0.1) is 17.6 Å². The fourth-order valence-corrected chi connectivity index (χ4v) is 2.18. The lowest BCUT2D eigenvalue weighted by Gasteiger charge is -2.21. The molecule has 3 N–H and O–H groups in total. The maximum absolute atomic E-state index is 13.5. The molecule has 0 amide bonds. The minimum Gasteiger partial charge on any atom is -0.381 e. The summed E-state index contributed by atoms with van der Waals surface area (Å²) in [6.07, 6.45) is 1.11. The van der Waals surface area contributed by atoms with E-state index < -0.39 is 11.6 Å². The van der Waals surface area contributed by atoms with Crippen LogP contribution in [0.25, 0.3) is 0 Å². The first-order valence-corrected chi connectivity index (χ1v) is 5.69. The summed E-state index contributed by atoms with van der Waals surface area (Å²) in [6.45, 7) is 1.27. The number of halogens is 2. The van der Waals surface area contributed by atoms with Gasteiger partial charge in [-0.05, 0) is 25.0 Å². The zero-order chi connectivity index (χ0) is 12.3. The van der Waals surface area contributed by atoms with Gasteiger partial charge in [0.1, 0.15) is 11.6 Å². The quantitative estimate of drug-likeness (QED) is 0.619. The van der Waals surface area contributed by atoms with Crippen molar-refractivity contribution in [3.63, 3.8) is 0 Å². The number of rotatable bonds is 4. The van der Waals surface area contributed by atoms with Gasteiger partial charge in [0.25, 0.3) is 0 Å². The van der Waals surface area contributed by atoms with Crippen LogP contribution in [0.3, 0.4) is 0 Å². The molecule has 2 atom stereocenters. The lowest BCUT2D eigenvalue weighted by molar-refractivity contribution is 0.176. The summed E-state index contributed by atoms with van der Waals surface area (Å²) in [5, 5.41) is 0. The summed E-state index contributed by atoms with van der Waals surface area (Å²) in [7, 11) is 0. The lowest BCUT2D eigenvalue weighted by atomic mass is 9.93. The van der Waals surface area contributed by atoms with Crippen molar-refractivity contribution in [1.29, 1.82) is 0 Å². The highest BCUT2D eigenvalue weighted by molar-refractivity contribution is 5.21. The fraction of sp³-hybridized carbons (Fsp3) is 0.500. The molecule has 3 nitrogen and oxygen atoms in total. The van der Waals surface area contributed by atoms with Gasteiger partial charge < -0.3 is 4.74 Å². The van der Waals surface area contributed by atoms with E-state index in [1.165, 1.54) is 18.2 Å². The standard InChI is InChI=1S/C12H16F2N2O/c13-10-2-1-3-11(14)9(10)6-12(16-15)8-4-5-17-7-8/h1-3,8,12,16H,4-7,15H2. The average molecular weight is 242 g/mol. The molecule has 0 aliphatic carbocycles. The van der Waals surface area contributed by atoms with Gasteiger partial charge in [-0.25, -0.2) is 8.78 Å². The Bertz CT molecular complexity index is 361.